The van der Waals surface area contributed by atoms with Gasteiger partial charge in [0.1, 0.15) is 11.5 Å². The summed E-state index contributed by atoms with van der Waals surface area (Å²) in [6, 6.07) is 12.5. The highest BCUT2D eigenvalue weighted by molar-refractivity contribution is 5.89. The zero-order valence-corrected chi connectivity index (χ0v) is 14.0. The Balaban J connectivity index is 2.06. The minimum absolute atomic E-state index is 0.293. The maximum Gasteiger partial charge on any atom is 0.319 e. The Labute approximate surface area is 142 Å². The normalized spacial score (nSPS) is 10.1. The Hall–Kier alpha value is -2.89. The molecule has 0 spiro atoms. The van der Waals surface area contributed by atoms with Crippen molar-refractivity contribution in [1.82, 2.24) is 5.32 Å². The average Bonchev–Trinajstić information content (AvgIpc) is 2.57. The van der Waals surface area contributed by atoms with Crippen molar-refractivity contribution in [2.75, 3.05) is 24.3 Å². The molecule has 6 nitrogen and oxygen atoms in total. The van der Waals surface area contributed by atoms with Gasteiger partial charge in [0.15, 0.2) is 0 Å². The highest BCUT2D eigenvalue weighted by Crippen LogP contribution is 2.31. The number of benzene rings is 2. The Morgan fingerprint density at radius 1 is 1.04 bits per heavy atom. The van der Waals surface area contributed by atoms with E-state index in [1.165, 1.54) is 0 Å². The number of carbonyl (C=O) groups is 1. The van der Waals surface area contributed by atoms with Gasteiger partial charge in [-0.3, -0.25) is 0 Å². The highest BCUT2D eigenvalue weighted by atomic mass is 16.5. The SMILES string of the molecule is CCOc1cc(CNC(=O)Nc2ccccc2)c(OCC)cc1N. The minimum Gasteiger partial charge on any atom is -0.493 e. The van der Waals surface area contributed by atoms with Crippen LogP contribution in [0.5, 0.6) is 11.5 Å². The lowest BCUT2D eigenvalue weighted by Gasteiger charge is -2.15. The number of amides is 2. The Morgan fingerprint density at radius 2 is 1.71 bits per heavy atom. The van der Waals surface area contributed by atoms with Crippen molar-refractivity contribution < 1.29 is 14.3 Å². The summed E-state index contributed by atoms with van der Waals surface area (Å²) in [7, 11) is 0. The van der Waals surface area contributed by atoms with E-state index < -0.39 is 0 Å². The number of anilines is 2. The van der Waals surface area contributed by atoms with Crippen molar-refractivity contribution in [1.29, 1.82) is 0 Å². The van der Waals surface area contributed by atoms with Crippen LogP contribution in [0.2, 0.25) is 0 Å². The van der Waals surface area contributed by atoms with E-state index in [1.807, 2.05) is 44.2 Å². The molecule has 0 aliphatic heterocycles. The summed E-state index contributed by atoms with van der Waals surface area (Å²) < 4.78 is 11.1. The molecule has 0 saturated heterocycles. The van der Waals surface area contributed by atoms with Gasteiger partial charge in [-0.05, 0) is 32.0 Å². The standard InChI is InChI=1S/C18H23N3O3/c1-3-23-16-11-15(19)17(24-4-2)10-13(16)12-20-18(22)21-14-8-6-5-7-9-14/h5-11H,3-4,12,19H2,1-2H3,(H2,20,21,22). The van der Waals surface area contributed by atoms with Crippen LogP contribution in [0, 0.1) is 0 Å². The number of carbonyl (C=O) groups excluding carboxylic acids is 1. The minimum atomic E-state index is -0.293. The van der Waals surface area contributed by atoms with Gasteiger partial charge in [0.05, 0.1) is 18.9 Å². The molecule has 0 aliphatic rings. The molecule has 4 N–H and O–H groups in total. The van der Waals surface area contributed by atoms with Gasteiger partial charge in [0, 0.05) is 23.9 Å². The van der Waals surface area contributed by atoms with Crippen LogP contribution in [0.3, 0.4) is 0 Å². The molecule has 2 amide bonds. The quantitative estimate of drug-likeness (QED) is 0.680. The first-order chi connectivity index (χ1) is 11.6. The van der Waals surface area contributed by atoms with Crippen LogP contribution in [0.15, 0.2) is 42.5 Å². The maximum atomic E-state index is 12.0. The molecule has 0 saturated carbocycles. The number of urea groups is 1. The predicted molar refractivity (Wildman–Crippen MR) is 95.5 cm³/mol. The Kier molecular flexibility index (Phi) is 6.31. The second-order valence-electron chi connectivity index (χ2n) is 5.04. The van der Waals surface area contributed by atoms with Gasteiger partial charge in [-0.1, -0.05) is 18.2 Å². The molecule has 6 heteroatoms. The van der Waals surface area contributed by atoms with Gasteiger partial charge in [-0.25, -0.2) is 4.79 Å². The maximum absolute atomic E-state index is 12.0. The first-order valence-corrected chi connectivity index (χ1v) is 7.92. The topological polar surface area (TPSA) is 85.6 Å². The van der Waals surface area contributed by atoms with Crippen molar-refractivity contribution in [3.63, 3.8) is 0 Å². The molecule has 24 heavy (non-hydrogen) atoms. The van der Waals surface area contributed by atoms with Crippen molar-refractivity contribution >= 4 is 17.4 Å². The van der Waals surface area contributed by atoms with E-state index in [1.54, 1.807) is 12.1 Å². The fourth-order valence-corrected chi connectivity index (χ4v) is 2.20. The molecule has 0 aliphatic carbocycles. The fraction of sp³-hybridized carbons (Fsp3) is 0.278. The van der Waals surface area contributed by atoms with Crippen molar-refractivity contribution in [2.24, 2.45) is 0 Å². The molecule has 2 aromatic rings. The van der Waals surface area contributed by atoms with Gasteiger partial charge in [0.25, 0.3) is 0 Å². The molecule has 0 unspecified atom stereocenters. The number of ether oxygens (including phenoxy) is 2. The van der Waals surface area contributed by atoms with Gasteiger partial charge in [-0.15, -0.1) is 0 Å². The van der Waals surface area contributed by atoms with Crippen molar-refractivity contribution in [3.05, 3.63) is 48.0 Å². The zero-order valence-electron chi connectivity index (χ0n) is 14.0. The third-order valence-corrected chi connectivity index (χ3v) is 3.26. The lowest BCUT2D eigenvalue weighted by Crippen LogP contribution is -2.28. The molecule has 0 aromatic heterocycles. The summed E-state index contributed by atoms with van der Waals surface area (Å²) in [4.78, 5) is 12.0. The smallest absolute Gasteiger partial charge is 0.319 e. The average molecular weight is 329 g/mol. The highest BCUT2D eigenvalue weighted by Gasteiger charge is 2.11. The summed E-state index contributed by atoms with van der Waals surface area (Å²) in [6.45, 7) is 5.11. The summed E-state index contributed by atoms with van der Waals surface area (Å²) in [5.74, 6) is 1.22. The zero-order chi connectivity index (χ0) is 17.4. The van der Waals surface area contributed by atoms with Gasteiger partial charge in [-0.2, -0.15) is 0 Å². The van der Waals surface area contributed by atoms with E-state index in [4.69, 9.17) is 15.2 Å². The molecule has 2 aromatic carbocycles. The van der Waals surface area contributed by atoms with E-state index >= 15 is 0 Å². The summed E-state index contributed by atoms with van der Waals surface area (Å²) in [5, 5.41) is 5.58. The second kappa shape index (κ2) is 8.67. The van der Waals surface area contributed by atoms with Crippen LogP contribution in [0.25, 0.3) is 0 Å². The Bertz CT molecular complexity index is 675. The van der Waals surface area contributed by atoms with Gasteiger partial charge < -0.3 is 25.8 Å². The third-order valence-electron chi connectivity index (χ3n) is 3.26. The molecule has 0 radical (unpaired) electrons. The van der Waals surface area contributed by atoms with Crippen LogP contribution in [-0.4, -0.2) is 19.2 Å². The molecule has 0 heterocycles. The number of hydrogen-bond donors (Lipinski definition) is 3. The molecule has 128 valence electrons. The van der Waals surface area contributed by atoms with Crippen LogP contribution in [0.4, 0.5) is 16.2 Å². The number of rotatable bonds is 7. The predicted octanol–water partition coefficient (Wildman–Crippen LogP) is 3.39. The van der Waals surface area contributed by atoms with E-state index in [0.29, 0.717) is 36.9 Å². The number of nitrogens with two attached hydrogens (primary N) is 1. The molecule has 2 rings (SSSR count). The van der Waals surface area contributed by atoms with Crippen molar-refractivity contribution in [2.45, 2.75) is 20.4 Å². The first-order valence-electron chi connectivity index (χ1n) is 7.92. The van der Waals surface area contributed by atoms with Crippen LogP contribution >= 0.6 is 0 Å². The first kappa shape index (κ1) is 17.5. The second-order valence-corrected chi connectivity index (χ2v) is 5.04. The summed E-state index contributed by atoms with van der Waals surface area (Å²) in [6.07, 6.45) is 0. The molecular formula is C18H23N3O3. The van der Waals surface area contributed by atoms with Crippen molar-refractivity contribution in [3.8, 4) is 11.5 Å². The molecule has 0 bridgehead atoms. The third kappa shape index (κ3) is 4.81. The van der Waals surface area contributed by atoms with E-state index in [0.717, 1.165) is 11.3 Å². The molecule has 0 atom stereocenters. The lowest BCUT2D eigenvalue weighted by molar-refractivity contribution is 0.251. The van der Waals surface area contributed by atoms with E-state index in [-0.39, 0.29) is 6.03 Å². The number of nitrogen functional groups attached to an aromatic ring is 1. The largest absolute Gasteiger partial charge is 0.493 e. The molecular weight excluding hydrogens is 306 g/mol. The van der Waals surface area contributed by atoms with Gasteiger partial charge in [0.2, 0.25) is 0 Å². The lowest BCUT2D eigenvalue weighted by atomic mass is 10.1. The van der Waals surface area contributed by atoms with Crippen LogP contribution in [-0.2, 0) is 6.54 Å². The monoisotopic (exact) mass is 329 g/mol. The van der Waals surface area contributed by atoms with E-state index in [9.17, 15) is 4.79 Å². The number of nitrogens with one attached hydrogen (secondary N) is 2. The molecule has 0 fully saturated rings. The summed E-state index contributed by atoms with van der Waals surface area (Å²) >= 11 is 0. The fourth-order valence-electron chi connectivity index (χ4n) is 2.20. The van der Waals surface area contributed by atoms with E-state index in [2.05, 4.69) is 10.6 Å². The summed E-state index contributed by atoms with van der Waals surface area (Å²) in [5.41, 5.74) is 8.00. The Morgan fingerprint density at radius 3 is 2.38 bits per heavy atom. The van der Waals surface area contributed by atoms with Crippen LogP contribution < -0.4 is 25.8 Å². The number of para-hydroxylation sites is 1. The van der Waals surface area contributed by atoms with Crippen LogP contribution in [0.1, 0.15) is 19.4 Å². The number of hydrogen-bond acceptors (Lipinski definition) is 4. The van der Waals surface area contributed by atoms with Gasteiger partial charge >= 0.3 is 6.03 Å².